The Kier molecular flexibility index (Phi) is 6.31. The van der Waals surface area contributed by atoms with E-state index < -0.39 is 22.0 Å². The molecule has 0 saturated heterocycles. The Bertz CT molecular complexity index is 1050. The van der Waals surface area contributed by atoms with Gasteiger partial charge in [0, 0.05) is 6.54 Å². The molecule has 1 atom stereocenters. The lowest BCUT2D eigenvalue weighted by Crippen LogP contribution is -2.48. The van der Waals surface area contributed by atoms with E-state index in [2.05, 4.69) is 10.6 Å². The summed E-state index contributed by atoms with van der Waals surface area (Å²) in [6, 6.07) is 13.3. The molecule has 2 amide bonds. The average molecular weight is 432 g/mol. The van der Waals surface area contributed by atoms with E-state index in [1.807, 2.05) is 13.8 Å². The maximum absolute atomic E-state index is 12.9. The van der Waals surface area contributed by atoms with Gasteiger partial charge in [-0.1, -0.05) is 38.1 Å². The lowest BCUT2D eigenvalue weighted by atomic mass is 10.1. The topological polar surface area (TPSA) is 105 Å². The van der Waals surface area contributed by atoms with Gasteiger partial charge in [-0.25, -0.2) is 8.42 Å². The Morgan fingerprint density at radius 1 is 1.13 bits per heavy atom. The molecule has 2 N–H and O–H groups in total. The Morgan fingerprint density at radius 2 is 1.80 bits per heavy atom. The summed E-state index contributed by atoms with van der Waals surface area (Å²) in [6.07, 6.45) is 0.0136. The summed E-state index contributed by atoms with van der Waals surface area (Å²) < 4.78 is 31.4. The van der Waals surface area contributed by atoms with Crippen molar-refractivity contribution in [2.75, 3.05) is 29.0 Å². The number of anilines is 2. The van der Waals surface area contributed by atoms with E-state index in [1.165, 1.54) is 0 Å². The van der Waals surface area contributed by atoms with Gasteiger partial charge in [-0.3, -0.25) is 13.9 Å². The molecule has 30 heavy (non-hydrogen) atoms. The number of rotatable bonds is 6. The predicted octanol–water partition coefficient (Wildman–Crippen LogP) is 2.24. The second-order valence-corrected chi connectivity index (χ2v) is 9.41. The summed E-state index contributed by atoms with van der Waals surface area (Å²) in [4.78, 5) is 25.4. The summed E-state index contributed by atoms with van der Waals surface area (Å²) in [5, 5.41) is 5.53. The van der Waals surface area contributed by atoms with Gasteiger partial charge in [0.15, 0.2) is 6.10 Å². The van der Waals surface area contributed by atoms with Crippen LogP contribution in [-0.2, 0) is 14.8 Å². The standard InChI is InChI=1S/C21H25N3O5S/c1-14(2)12-22-20(25)15-8-4-5-9-16(15)23-21(26)19-13-24(30(3,27)28)17-10-6-7-11-18(17)29-19/h4-11,14,19H,12-13H2,1-3H3,(H,22,25)(H,23,26)/t19-/m1/s1. The van der Waals surface area contributed by atoms with Crippen molar-refractivity contribution in [1.29, 1.82) is 0 Å². The van der Waals surface area contributed by atoms with Crippen molar-refractivity contribution in [3.05, 3.63) is 54.1 Å². The molecule has 1 aliphatic rings. The molecule has 1 aliphatic heterocycles. The number of sulfonamides is 1. The highest BCUT2D eigenvalue weighted by molar-refractivity contribution is 7.92. The monoisotopic (exact) mass is 431 g/mol. The Balaban J connectivity index is 1.81. The van der Waals surface area contributed by atoms with Crippen LogP contribution in [0.25, 0.3) is 0 Å². The lowest BCUT2D eigenvalue weighted by Gasteiger charge is -2.33. The molecule has 2 aromatic carbocycles. The van der Waals surface area contributed by atoms with Crippen molar-refractivity contribution in [2.24, 2.45) is 5.92 Å². The highest BCUT2D eigenvalue weighted by atomic mass is 32.2. The van der Waals surface area contributed by atoms with Crippen LogP contribution >= 0.6 is 0 Å². The number of fused-ring (bicyclic) bond motifs is 1. The van der Waals surface area contributed by atoms with Crippen molar-refractivity contribution in [3.63, 3.8) is 0 Å². The number of benzene rings is 2. The minimum atomic E-state index is -3.61. The average Bonchev–Trinajstić information content (AvgIpc) is 2.70. The molecule has 2 aromatic rings. The van der Waals surface area contributed by atoms with Gasteiger partial charge in [-0.2, -0.15) is 0 Å². The first-order valence-electron chi connectivity index (χ1n) is 9.58. The van der Waals surface area contributed by atoms with Crippen LogP contribution < -0.4 is 19.7 Å². The zero-order valence-corrected chi connectivity index (χ0v) is 17.9. The maximum Gasteiger partial charge on any atom is 0.267 e. The van der Waals surface area contributed by atoms with Crippen molar-refractivity contribution in [1.82, 2.24) is 5.32 Å². The molecule has 1 heterocycles. The van der Waals surface area contributed by atoms with Crippen molar-refractivity contribution < 1.29 is 22.7 Å². The van der Waals surface area contributed by atoms with Crippen molar-refractivity contribution in [2.45, 2.75) is 20.0 Å². The van der Waals surface area contributed by atoms with Crippen LogP contribution in [0, 0.1) is 5.92 Å². The highest BCUT2D eigenvalue weighted by Gasteiger charge is 2.35. The Hall–Kier alpha value is -3.07. The third kappa shape index (κ3) is 4.91. The van der Waals surface area contributed by atoms with Gasteiger partial charge >= 0.3 is 0 Å². The molecule has 0 unspecified atom stereocenters. The fourth-order valence-electron chi connectivity index (χ4n) is 3.05. The van der Waals surface area contributed by atoms with Crippen LogP contribution in [0.2, 0.25) is 0 Å². The quantitative estimate of drug-likeness (QED) is 0.730. The lowest BCUT2D eigenvalue weighted by molar-refractivity contribution is -0.122. The van der Waals surface area contributed by atoms with Gasteiger partial charge in [0.2, 0.25) is 10.0 Å². The largest absolute Gasteiger partial charge is 0.476 e. The van der Waals surface area contributed by atoms with Crippen LogP contribution in [0.4, 0.5) is 11.4 Å². The number of hydrogen-bond donors (Lipinski definition) is 2. The molecule has 9 heteroatoms. The molecule has 0 bridgehead atoms. The molecule has 0 fully saturated rings. The van der Waals surface area contributed by atoms with E-state index in [1.54, 1.807) is 48.5 Å². The number of carbonyl (C=O) groups is 2. The summed E-state index contributed by atoms with van der Waals surface area (Å²) in [6.45, 7) is 4.32. The molecule has 0 saturated carbocycles. The minimum absolute atomic E-state index is 0.163. The van der Waals surface area contributed by atoms with Crippen LogP contribution in [0.3, 0.4) is 0 Å². The number of carbonyl (C=O) groups excluding carboxylic acids is 2. The smallest absolute Gasteiger partial charge is 0.267 e. The zero-order chi connectivity index (χ0) is 21.9. The molecular weight excluding hydrogens is 406 g/mol. The summed E-state index contributed by atoms with van der Waals surface area (Å²) in [5.74, 6) is -0.250. The first-order chi connectivity index (χ1) is 14.2. The number of nitrogens with zero attached hydrogens (tertiary/aromatic N) is 1. The van der Waals surface area contributed by atoms with E-state index in [9.17, 15) is 18.0 Å². The molecule has 0 aliphatic carbocycles. The van der Waals surface area contributed by atoms with Crippen LogP contribution in [0.15, 0.2) is 48.5 Å². The highest BCUT2D eigenvalue weighted by Crippen LogP contribution is 2.34. The molecule has 0 aromatic heterocycles. The SMILES string of the molecule is CC(C)CNC(=O)c1ccccc1NC(=O)[C@H]1CN(S(C)(=O)=O)c2ccccc2O1. The fourth-order valence-corrected chi connectivity index (χ4v) is 3.96. The molecule has 3 rings (SSSR count). The van der Waals surface area contributed by atoms with Gasteiger partial charge < -0.3 is 15.4 Å². The second-order valence-electron chi connectivity index (χ2n) is 7.51. The van der Waals surface area contributed by atoms with Crippen molar-refractivity contribution >= 4 is 33.2 Å². The van der Waals surface area contributed by atoms with Crippen LogP contribution in [0.1, 0.15) is 24.2 Å². The maximum atomic E-state index is 12.9. The molecule has 0 spiro atoms. The molecule has 8 nitrogen and oxygen atoms in total. The van der Waals surface area contributed by atoms with E-state index in [4.69, 9.17) is 4.74 Å². The zero-order valence-electron chi connectivity index (χ0n) is 17.1. The summed E-state index contributed by atoms with van der Waals surface area (Å²) >= 11 is 0. The second kappa shape index (κ2) is 8.74. The first-order valence-corrected chi connectivity index (χ1v) is 11.4. The third-order valence-corrected chi connectivity index (χ3v) is 5.67. The van der Waals surface area contributed by atoms with Crippen LogP contribution in [-0.4, -0.2) is 45.7 Å². The van der Waals surface area contributed by atoms with Gasteiger partial charge in [-0.05, 0) is 30.2 Å². The van der Waals surface area contributed by atoms with E-state index in [0.717, 1.165) is 10.6 Å². The molecule has 160 valence electrons. The van der Waals surface area contributed by atoms with Gasteiger partial charge in [0.05, 0.1) is 29.7 Å². The van der Waals surface area contributed by atoms with Gasteiger partial charge in [0.1, 0.15) is 5.75 Å². The van der Waals surface area contributed by atoms with Crippen molar-refractivity contribution in [3.8, 4) is 5.75 Å². The number of para-hydroxylation sites is 3. The number of hydrogen-bond acceptors (Lipinski definition) is 5. The van der Waals surface area contributed by atoms with Crippen LogP contribution in [0.5, 0.6) is 5.75 Å². The van der Waals surface area contributed by atoms with E-state index in [-0.39, 0.29) is 18.4 Å². The van der Waals surface area contributed by atoms with Gasteiger partial charge in [0.25, 0.3) is 11.8 Å². The van der Waals surface area contributed by atoms with E-state index >= 15 is 0 Å². The van der Waals surface area contributed by atoms with E-state index in [0.29, 0.717) is 29.2 Å². The molecular formula is C21H25N3O5S. The Labute approximate surface area is 176 Å². The first kappa shape index (κ1) is 21.6. The third-order valence-electron chi connectivity index (χ3n) is 4.53. The molecule has 0 radical (unpaired) electrons. The summed E-state index contributed by atoms with van der Waals surface area (Å²) in [7, 11) is -3.61. The number of amides is 2. The predicted molar refractivity (Wildman–Crippen MR) is 115 cm³/mol. The number of ether oxygens (including phenoxy) is 1. The normalized spacial score (nSPS) is 15.9. The minimum Gasteiger partial charge on any atom is -0.476 e. The number of nitrogens with one attached hydrogen (secondary N) is 2. The fraction of sp³-hybridized carbons (Fsp3) is 0.333. The van der Waals surface area contributed by atoms with Gasteiger partial charge in [-0.15, -0.1) is 0 Å². The Morgan fingerprint density at radius 3 is 2.50 bits per heavy atom. The summed E-state index contributed by atoms with van der Waals surface area (Å²) in [5.41, 5.74) is 1.04.